The average molecular weight is 187 g/mol. The number of aliphatic hydroxyl groups excluding tert-OH is 1. The number of nitrogens with one attached hydrogen (secondary N) is 1. The van der Waals surface area contributed by atoms with Crippen molar-refractivity contribution in [2.45, 2.75) is 65.0 Å². The zero-order valence-corrected chi connectivity index (χ0v) is 9.56. The van der Waals surface area contributed by atoms with E-state index in [1.54, 1.807) is 0 Å². The molecule has 0 aliphatic rings. The fourth-order valence-electron chi connectivity index (χ4n) is 1.67. The molecule has 0 aromatic rings. The number of hydrogen-bond donors (Lipinski definition) is 2. The van der Waals surface area contributed by atoms with Crippen LogP contribution in [0.25, 0.3) is 0 Å². The molecule has 0 bridgehead atoms. The smallest absolute Gasteiger partial charge is 0.0524 e. The molecule has 0 aromatic heterocycles. The second kappa shape index (κ2) is 6.39. The first-order chi connectivity index (χ1) is 6.10. The zero-order chi connectivity index (χ0) is 10.3. The van der Waals surface area contributed by atoms with E-state index in [4.69, 9.17) is 5.11 Å². The van der Waals surface area contributed by atoms with Crippen LogP contribution in [-0.4, -0.2) is 23.3 Å². The molecule has 0 aliphatic carbocycles. The van der Waals surface area contributed by atoms with Crippen LogP contribution < -0.4 is 5.32 Å². The molecular formula is C11H25NO. The van der Waals surface area contributed by atoms with Crippen LogP contribution in [0.15, 0.2) is 0 Å². The van der Waals surface area contributed by atoms with Crippen molar-refractivity contribution in [3.63, 3.8) is 0 Å². The number of aliphatic hydroxyl groups is 1. The van der Waals surface area contributed by atoms with Crippen LogP contribution in [0.4, 0.5) is 0 Å². The normalized spacial score (nSPS) is 14.5. The van der Waals surface area contributed by atoms with Crippen molar-refractivity contribution in [2.75, 3.05) is 6.54 Å². The Kier molecular flexibility index (Phi) is 6.35. The predicted octanol–water partition coefficient (Wildman–Crippen LogP) is 2.32. The summed E-state index contributed by atoms with van der Waals surface area (Å²) in [5, 5.41) is 12.7. The van der Waals surface area contributed by atoms with Gasteiger partial charge in [0.2, 0.25) is 0 Å². The summed E-state index contributed by atoms with van der Waals surface area (Å²) < 4.78 is 0. The van der Waals surface area contributed by atoms with E-state index in [0.29, 0.717) is 5.54 Å². The minimum Gasteiger partial charge on any atom is -0.393 e. The highest BCUT2D eigenvalue weighted by Crippen LogP contribution is 2.18. The molecular weight excluding hydrogens is 162 g/mol. The van der Waals surface area contributed by atoms with Gasteiger partial charge in [-0.15, -0.1) is 0 Å². The first kappa shape index (κ1) is 12.9. The lowest BCUT2D eigenvalue weighted by Crippen LogP contribution is -2.44. The van der Waals surface area contributed by atoms with Crippen molar-refractivity contribution >= 4 is 0 Å². The molecule has 0 fully saturated rings. The quantitative estimate of drug-likeness (QED) is 0.641. The largest absolute Gasteiger partial charge is 0.393 e. The minimum atomic E-state index is -0.184. The summed E-state index contributed by atoms with van der Waals surface area (Å²) in [5.74, 6) is 0. The van der Waals surface area contributed by atoms with E-state index in [0.717, 1.165) is 13.0 Å². The number of rotatable bonds is 7. The summed E-state index contributed by atoms with van der Waals surface area (Å²) in [6.07, 6.45) is 4.16. The first-order valence-electron chi connectivity index (χ1n) is 5.53. The molecule has 0 spiro atoms. The third kappa shape index (κ3) is 4.63. The average Bonchev–Trinajstić information content (AvgIpc) is 2.13. The van der Waals surface area contributed by atoms with Crippen molar-refractivity contribution in [3.05, 3.63) is 0 Å². The maximum absolute atomic E-state index is 9.13. The maximum atomic E-state index is 9.13. The van der Waals surface area contributed by atoms with Crippen molar-refractivity contribution in [1.29, 1.82) is 0 Å². The molecule has 0 heterocycles. The van der Waals surface area contributed by atoms with Crippen LogP contribution in [0.2, 0.25) is 0 Å². The molecule has 1 unspecified atom stereocenters. The van der Waals surface area contributed by atoms with Gasteiger partial charge < -0.3 is 10.4 Å². The van der Waals surface area contributed by atoms with Crippen molar-refractivity contribution < 1.29 is 5.11 Å². The summed E-state index contributed by atoms with van der Waals surface area (Å²) in [4.78, 5) is 0. The molecule has 13 heavy (non-hydrogen) atoms. The molecule has 80 valence electrons. The van der Waals surface area contributed by atoms with Gasteiger partial charge in [-0.2, -0.15) is 0 Å². The molecule has 0 radical (unpaired) electrons. The minimum absolute atomic E-state index is 0.184. The second-order valence-corrected chi connectivity index (χ2v) is 3.91. The highest BCUT2D eigenvalue weighted by Gasteiger charge is 2.22. The second-order valence-electron chi connectivity index (χ2n) is 3.91. The lowest BCUT2D eigenvalue weighted by atomic mass is 9.90. The van der Waals surface area contributed by atoms with E-state index in [1.165, 1.54) is 19.3 Å². The van der Waals surface area contributed by atoms with Crippen molar-refractivity contribution in [1.82, 2.24) is 5.32 Å². The predicted molar refractivity (Wildman–Crippen MR) is 57.9 cm³/mol. The Morgan fingerprint density at radius 1 is 1.15 bits per heavy atom. The van der Waals surface area contributed by atoms with Crippen molar-refractivity contribution in [3.8, 4) is 0 Å². The molecule has 2 heteroatoms. The summed E-state index contributed by atoms with van der Waals surface area (Å²) in [6.45, 7) is 9.44. The highest BCUT2D eigenvalue weighted by atomic mass is 16.3. The summed E-state index contributed by atoms with van der Waals surface area (Å²) >= 11 is 0. The Hall–Kier alpha value is -0.0800. The molecule has 1 atom stereocenters. The Labute approximate surface area is 82.7 Å². The number of hydrogen-bond acceptors (Lipinski definition) is 2. The summed E-state index contributed by atoms with van der Waals surface area (Å²) in [5.41, 5.74) is 0.300. The van der Waals surface area contributed by atoms with E-state index in [1.807, 2.05) is 6.92 Å². The van der Waals surface area contributed by atoms with Gasteiger partial charge in [-0.3, -0.25) is 0 Å². The molecule has 0 aromatic carbocycles. The molecule has 0 amide bonds. The third-order valence-corrected chi connectivity index (χ3v) is 3.09. The Balaban J connectivity index is 3.81. The van der Waals surface area contributed by atoms with Crippen LogP contribution in [0.1, 0.15) is 53.4 Å². The van der Waals surface area contributed by atoms with Gasteiger partial charge >= 0.3 is 0 Å². The SMILES string of the molecule is CCC(CC)(CC)NCCC(C)O. The van der Waals surface area contributed by atoms with Gasteiger partial charge in [0.1, 0.15) is 0 Å². The van der Waals surface area contributed by atoms with E-state index in [-0.39, 0.29) is 6.10 Å². The topological polar surface area (TPSA) is 32.3 Å². The summed E-state index contributed by atoms with van der Waals surface area (Å²) in [6, 6.07) is 0. The van der Waals surface area contributed by atoms with Gasteiger partial charge in [-0.1, -0.05) is 20.8 Å². The lowest BCUT2D eigenvalue weighted by Gasteiger charge is -2.32. The van der Waals surface area contributed by atoms with E-state index in [9.17, 15) is 0 Å². The Morgan fingerprint density at radius 3 is 1.92 bits per heavy atom. The van der Waals surface area contributed by atoms with Gasteiger partial charge in [0.05, 0.1) is 6.10 Å². The van der Waals surface area contributed by atoms with Crippen LogP contribution >= 0.6 is 0 Å². The van der Waals surface area contributed by atoms with Crippen molar-refractivity contribution in [2.24, 2.45) is 0 Å². The fraction of sp³-hybridized carbons (Fsp3) is 1.00. The standard InChI is InChI=1S/C11H25NO/c1-5-11(6-2,7-3)12-9-8-10(4)13/h10,12-13H,5-9H2,1-4H3. The maximum Gasteiger partial charge on any atom is 0.0524 e. The van der Waals surface area contributed by atoms with Crippen LogP contribution in [0, 0.1) is 0 Å². The van der Waals surface area contributed by atoms with Crippen LogP contribution in [0.3, 0.4) is 0 Å². The molecule has 0 saturated heterocycles. The van der Waals surface area contributed by atoms with E-state index < -0.39 is 0 Å². The van der Waals surface area contributed by atoms with Gasteiger partial charge in [0.15, 0.2) is 0 Å². The lowest BCUT2D eigenvalue weighted by molar-refractivity contribution is 0.174. The molecule has 0 rings (SSSR count). The highest BCUT2D eigenvalue weighted by molar-refractivity contribution is 4.83. The first-order valence-corrected chi connectivity index (χ1v) is 5.53. The molecule has 0 aliphatic heterocycles. The summed E-state index contributed by atoms with van der Waals surface area (Å²) in [7, 11) is 0. The van der Waals surface area contributed by atoms with E-state index >= 15 is 0 Å². The molecule has 0 saturated carbocycles. The van der Waals surface area contributed by atoms with Crippen LogP contribution in [-0.2, 0) is 0 Å². The van der Waals surface area contributed by atoms with E-state index in [2.05, 4.69) is 26.1 Å². The Morgan fingerprint density at radius 2 is 1.62 bits per heavy atom. The Bertz CT molecular complexity index is 111. The fourth-order valence-corrected chi connectivity index (χ4v) is 1.67. The monoisotopic (exact) mass is 187 g/mol. The van der Waals surface area contributed by atoms with Gasteiger partial charge in [0.25, 0.3) is 0 Å². The molecule has 2 nitrogen and oxygen atoms in total. The van der Waals surface area contributed by atoms with Gasteiger partial charge in [-0.25, -0.2) is 0 Å². The molecule has 2 N–H and O–H groups in total. The van der Waals surface area contributed by atoms with Crippen LogP contribution in [0.5, 0.6) is 0 Å². The third-order valence-electron chi connectivity index (χ3n) is 3.09. The van der Waals surface area contributed by atoms with Gasteiger partial charge in [0, 0.05) is 5.54 Å². The zero-order valence-electron chi connectivity index (χ0n) is 9.56. The van der Waals surface area contributed by atoms with Gasteiger partial charge in [-0.05, 0) is 39.2 Å².